The van der Waals surface area contributed by atoms with Crippen molar-refractivity contribution < 1.29 is 4.79 Å². The maximum atomic E-state index is 13.1. The Balaban J connectivity index is 1.35. The molecule has 4 aliphatic rings. The van der Waals surface area contributed by atoms with E-state index in [1.165, 1.54) is 24.3 Å². The molecule has 1 aromatic heterocycles. The van der Waals surface area contributed by atoms with Crippen molar-refractivity contribution in [2.24, 2.45) is 5.41 Å². The van der Waals surface area contributed by atoms with Crippen LogP contribution in [0.5, 0.6) is 0 Å². The highest BCUT2D eigenvalue weighted by molar-refractivity contribution is 6.10. The summed E-state index contributed by atoms with van der Waals surface area (Å²) in [4.78, 5) is 17.9. The van der Waals surface area contributed by atoms with Gasteiger partial charge >= 0.3 is 0 Å². The Hall–Kier alpha value is -3.12. The topological polar surface area (TPSA) is 53.4 Å². The minimum Gasteiger partial charge on any atom is -0.368 e. The number of carbonyl (C=O) groups excluding carboxylic acids is 1. The van der Waals surface area contributed by atoms with Crippen LogP contribution in [-0.4, -0.2) is 53.8 Å². The maximum Gasteiger partial charge on any atom is 0.235 e. The lowest BCUT2D eigenvalue weighted by Crippen LogP contribution is -2.71. The lowest BCUT2D eigenvalue weighted by molar-refractivity contribution is -0.123. The van der Waals surface area contributed by atoms with Crippen LogP contribution in [0.1, 0.15) is 24.8 Å². The predicted octanol–water partition coefficient (Wildman–Crippen LogP) is 3.66. The fraction of sp³-hybridized carbons (Fsp3) is 0.385. The first-order valence-corrected chi connectivity index (χ1v) is 11.6. The average molecular weight is 426 g/mol. The van der Waals surface area contributed by atoms with Crippen molar-refractivity contribution in [3.63, 3.8) is 0 Å². The molecule has 32 heavy (non-hydrogen) atoms. The number of hydrogen-bond acceptors (Lipinski definition) is 4. The second kappa shape index (κ2) is 6.23. The van der Waals surface area contributed by atoms with Crippen molar-refractivity contribution in [2.45, 2.75) is 24.7 Å². The summed E-state index contributed by atoms with van der Waals surface area (Å²) in [7, 11) is 2.19. The van der Waals surface area contributed by atoms with Crippen LogP contribution in [0.3, 0.4) is 0 Å². The SMILES string of the molecule is CN1CC2(C1)CN(c1cc(-c3ccnn3-c3ccccc3)cc3c1NC(=O)C31CCC1)C2. The van der Waals surface area contributed by atoms with Gasteiger partial charge < -0.3 is 15.1 Å². The number of rotatable bonds is 3. The predicted molar refractivity (Wildman–Crippen MR) is 125 cm³/mol. The summed E-state index contributed by atoms with van der Waals surface area (Å²) >= 11 is 0. The number of fused-ring (bicyclic) bond motifs is 2. The van der Waals surface area contributed by atoms with E-state index in [0.717, 1.165) is 55.0 Å². The van der Waals surface area contributed by atoms with E-state index in [-0.39, 0.29) is 11.3 Å². The van der Waals surface area contributed by atoms with Crippen molar-refractivity contribution in [3.05, 3.63) is 60.3 Å². The van der Waals surface area contributed by atoms with Crippen molar-refractivity contribution in [1.82, 2.24) is 14.7 Å². The van der Waals surface area contributed by atoms with Gasteiger partial charge in [-0.25, -0.2) is 4.68 Å². The summed E-state index contributed by atoms with van der Waals surface area (Å²) in [6.45, 7) is 4.47. The molecule has 1 aliphatic carbocycles. The Morgan fingerprint density at radius 1 is 1.00 bits per heavy atom. The molecular formula is C26H27N5O. The quantitative estimate of drug-likeness (QED) is 0.696. The number of hydrogen-bond donors (Lipinski definition) is 1. The van der Waals surface area contributed by atoms with Crippen LogP contribution in [0.15, 0.2) is 54.7 Å². The average Bonchev–Trinajstić information content (AvgIpc) is 3.31. The minimum atomic E-state index is -0.336. The molecule has 2 saturated heterocycles. The van der Waals surface area contributed by atoms with Gasteiger partial charge in [0.15, 0.2) is 0 Å². The summed E-state index contributed by atoms with van der Waals surface area (Å²) in [5, 5.41) is 7.90. The first kappa shape index (κ1) is 18.5. The summed E-state index contributed by atoms with van der Waals surface area (Å²) in [5.41, 5.74) is 6.75. The molecule has 0 radical (unpaired) electrons. The molecule has 0 bridgehead atoms. The number of likely N-dealkylation sites (tertiary alicyclic amines) is 1. The van der Waals surface area contributed by atoms with E-state index in [1.54, 1.807) is 0 Å². The number of carbonyl (C=O) groups is 1. The molecule has 7 rings (SSSR count). The molecule has 6 heteroatoms. The highest BCUT2D eigenvalue weighted by Crippen LogP contribution is 2.56. The molecule has 3 aliphatic heterocycles. The Kier molecular flexibility index (Phi) is 3.59. The Bertz CT molecular complexity index is 1230. The maximum absolute atomic E-state index is 13.1. The highest BCUT2D eigenvalue weighted by Gasteiger charge is 2.54. The number of nitrogens with one attached hydrogen (secondary N) is 1. The van der Waals surface area contributed by atoms with Gasteiger partial charge in [0, 0.05) is 37.2 Å². The van der Waals surface area contributed by atoms with Crippen LogP contribution in [0, 0.1) is 5.41 Å². The largest absolute Gasteiger partial charge is 0.368 e. The molecule has 3 aromatic rings. The molecule has 0 atom stereocenters. The Labute approximate surface area is 187 Å². The second-order valence-electron chi connectivity index (χ2n) is 10.3. The Morgan fingerprint density at radius 2 is 1.78 bits per heavy atom. The van der Waals surface area contributed by atoms with Gasteiger partial charge in [0.2, 0.25) is 5.91 Å². The monoisotopic (exact) mass is 425 g/mol. The third-order valence-electron chi connectivity index (χ3n) is 8.06. The van der Waals surface area contributed by atoms with E-state index in [4.69, 9.17) is 0 Å². The lowest BCUT2D eigenvalue weighted by atomic mass is 9.65. The summed E-state index contributed by atoms with van der Waals surface area (Å²) < 4.78 is 2.00. The molecule has 2 spiro atoms. The van der Waals surface area contributed by atoms with Crippen LogP contribution in [-0.2, 0) is 10.2 Å². The van der Waals surface area contributed by atoms with E-state index in [1.807, 2.05) is 29.1 Å². The number of aromatic nitrogens is 2. The van der Waals surface area contributed by atoms with E-state index < -0.39 is 0 Å². The number of anilines is 2. The fourth-order valence-electron chi connectivity index (χ4n) is 6.44. The third-order valence-corrected chi connectivity index (χ3v) is 8.06. The highest BCUT2D eigenvalue weighted by atomic mass is 16.2. The van der Waals surface area contributed by atoms with E-state index in [9.17, 15) is 4.79 Å². The first-order chi connectivity index (χ1) is 15.6. The second-order valence-corrected chi connectivity index (χ2v) is 10.3. The van der Waals surface area contributed by atoms with Crippen LogP contribution in [0.25, 0.3) is 16.9 Å². The van der Waals surface area contributed by atoms with Crippen molar-refractivity contribution >= 4 is 17.3 Å². The van der Waals surface area contributed by atoms with Crippen LogP contribution >= 0.6 is 0 Å². The fourth-order valence-corrected chi connectivity index (χ4v) is 6.44. The van der Waals surface area contributed by atoms with Crippen LogP contribution in [0.2, 0.25) is 0 Å². The smallest absolute Gasteiger partial charge is 0.235 e. The summed E-state index contributed by atoms with van der Waals surface area (Å²) in [6, 6.07) is 16.8. The normalized spacial score (nSPS) is 22.3. The van der Waals surface area contributed by atoms with E-state index in [2.05, 4.69) is 57.6 Å². The van der Waals surface area contributed by atoms with Gasteiger partial charge in [-0.1, -0.05) is 24.6 Å². The standard InChI is InChI=1S/C26H27N5O/c1-29-14-25(15-29)16-30(17-25)22-13-18(12-20-23(22)28-24(32)26(20)9-5-10-26)21-8-11-27-31(21)19-6-3-2-4-7-19/h2-4,6-8,11-13H,5,9-10,14-17H2,1H3,(H,28,32). The summed E-state index contributed by atoms with van der Waals surface area (Å²) in [6.07, 6.45) is 4.87. The van der Waals surface area contributed by atoms with Gasteiger partial charge in [0.25, 0.3) is 0 Å². The molecule has 6 nitrogen and oxygen atoms in total. The molecule has 2 aromatic carbocycles. The number of benzene rings is 2. The van der Waals surface area contributed by atoms with Crippen LogP contribution < -0.4 is 10.2 Å². The van der Waals surface area contributed by atoms with E-state index >= 15 is 0 Å². The first-order valence-electron chi connectivity index (χ1n) is 11.6. The lowest BCUT2D eigenvalue weighted by Gasteiger charge is -2.60. The zero-order valence-corrected chi connectivity index (χ0v) is 18.3. The van der Waals surface area contributed by atoms with Gasteiger partial charge in [0.05, 0.1) is 34.4 Å². The van der Waals surface area contributed by atoms with Crippen LogP contribution in [0.4, 0.5) is 11.4 Å². The van der Waals surface area contributed by atoms with Crippen molar-refractivity contribution in [2.75, 3.05) is 43.4 Å². The molecule has 1 amide bonds. The van der Waals surface area contributed by atoms with Gasteiger partial charge in [-0.3, -0.25) is 4.79 Å². The zero-order valence-electron chi connectivity index (χ0n) is 18.3. The Morgan fingerprint density at radius 3 is 2.47 bits per heavy atom. The molecule has 162 valence electrons. The zero-order chi connectivity index (χ0) is 21.5. The summed E-state index contributed by atoms with van der Waals surface area (Å²) in [5.74, 6) is 0.187. The number of nitrogens with zero attached hydrogens (tertiary/aromatic N) is 4. The number of para-hydroxylation sites is 1. The van der Waals surface area contributed by atoms with Gasteiger partial charge in [-0.2, -0.15) is 5.10 Å². The van der Waals surface area contributed by atoms with Crippen molar-refractivity contribution in [3.8, 4) is 16.9 Å². The third kappa shape index (κ3) is 2.39. The molecule has 1 saturated carbocycles. The van der Waals surface area contributed by atoms with Gasteiger partial charge in [-0.15, -0.1) is 0 Å². The molecule has 4 heterocycles. The minimum absolute atomic E-state index is 0.187. The number of amides is 1. The molecule has 3 fully saturated rings. The van der Waals surface area contributed by atoms with Gasteiger partial charge in [0.1, 0.15) is 0 Å². The van der Waals surface area contributed by atoms with E-state index in [0.29, 0.717) is 5.41 Å². The molecular weight excluding hydrogens is 398 g/mol. The van der Waals surface area contributed by atoms with Gasteiger partial charge in [-0.05, 0) is 55.8 Å². The molecule has 0 unspecified atom stereocenters. The molecule has 1 N–H and O–H groups in total. The van der Waals surface area contributed by atoms with Crippen molar-refractivity contribution in [1.29, 1.82) is 0 Å².